The standard InChI is InChI=1S/C14H17N3O/c1-11-8-16(7-5-13(11)18)9-12-10-17-6-3-2-4-14(17)15-12/h2-4,6,10-11H,5,7-9H2,1H3. The second kappa shape index (κ2) is 4.53. The van der Waals surface area contributed by atoms with Crippen LogP contribution in [0, 0.1) is 5.92 Å². The van der Waals surface area contributed by atoms with Crippen molar-refractivity contribution < 1.29 is 4.79 Å². The average Bonchev–Trinajstić information content (AvgIpc) is 2.76. The maximum atomic E-state index is 11.5. The normalized spacial score (nSPS) is 21.6. The number of fused-ring (bicyclic) bond motifs is 1. The third-order valence-corrected chi connectivity index (χ3v) is 3.56. The third-order valence-electron chi connectivity index (χ3n) is 3.56. The van der Waals surface area contributed by atoms with E-state index in [-0.39, 0.29) is 5.92 Å². The molecule has 0 N–H and O–H groups in total. The summed E-state index contributed by atoms with van der Waals surface area (Å²) < 4.78 is 2.04. The molecule has 1 saturated heterocycles. The molecule has 94 valence electrons. The lowest BCUT2D eigenvalue weighted by atomic mass is 9.98. The minimum absolute atomic E-state index is 0.163. The zero-order valence-electron chi connectivity index (χ0n) is 10.5. The molecule has 0 aliphatic carbocycles. The van der Waals surface area contributed by atoms with E-state index in [4.69, 9.17) is 0 Å². The molecule has 4 nitrogen and oxygen atoms in total. The number of piperidine rings is 1. The van der Waals surface area contributed by atoms with Crippen molar-refractivity contribution in [3.63, 3.8) is 0 Å². The minimum Gasteiger partial charge on any atom is -0.307 e. The van der Waals surface area contributed by atoms with E-state index < -0.39 is 0 Å². The summed E-state index contributed by atoms with van der Waals surface area (Å²) in [4.78, 5) is 18.4. The Labute approximate surface area is 106 Å². The van der Waals surface area contributed by atoms with Crippen LogP contribution >= 0.6 is 0 Å². The number of Topliss-reactive ketones (excluding diaryl/α,β-unsaturated/α-hetero) is 1. The van der Waals surface area contributed by atoms with E-state index in [0.29, 0.717) is 12.2 Å². The Balaban J connectivity index is 1.74. The summed E-state index contributed by atoms with van der Waals surface area (Å²) in [6.45, 7) is 4.56. The molecule has 0 amide bonds. The van der Waals surface area contributed by atoms with Crippen molar-refractivity contribution in [2.45, 2.75) is 19.9 Å². The van der Waals surface area contributed by atoms with Crippen molar-refractivity contribution in [2.75, 3.05) is 13.1 Å². The number of hydrogen-bond acceptors (Lipinski definition) is 3. The van der Waals surface area contributed by atoms with Gasteiger partial charge in [-0.05, 0) is 12.1 Å². The number of ketones is 1. The summed E-state index contributed by atoms with van der Waals surface area (Å²) in [5, 5.41) is 0. The number of carbonyl (C=O) groups is 1. The Morgan fingerprint density at radius 3 is 3.11 bits per heavy atom. The van der Waals surface area contributed by atoms with Crippen LogP contribution in [-0.4, -0.2) is 33.2 Å². The smallest absolute Gasteiger partial charge is 0.138 e. The van der Waals surface area contributed by atoms with E-state index in [9.17, 15) is 4.79 Å². The Hall–Kier alpha value is -1.68. The fraction of sp³-hybridized carbons (Fsp3) is 0.429. The average molecular weight is 243 g/mol. The van der Waals surface area contributed by atoms with Crippen LogP contribution in [0.1, 0.15) is 19.0 Å². The summed E-state index contributed by atoms with van der Waals surface area (Å²) in [5.74, 6) is 0.553. The van der Waals surface area contributed by atoms with Crippen molar-refractivity contribution in [3.8, 4) is 0 Å². The lowest BCUT2D eigenvalue weighted by molar-refractivity contribution is -0.125. The van der Waals surface area contributed by atoms with Crippen LogP contribution in [0.15, 0.2) is 30.6 Å². The maximum Gasteiger partial charge on any atom is 0.138 e. The van der Waals surface area contributed by atoms with Gasteiger partial charge in [0.2, 0.25) is 0 Å². The quantitative estimate of drug-likeness (QED) is 0.806. The van der Waals surface area contributed by atoms with Gasteiger partial charge in [-0.25, -0.2) is 4.98 Å². The van der Waals surface area contributed by atoms with Crippen LogP contribution in [0.2, 0.25) is 0 Å². The molecule has 0 radical (unpaired) electrons. The van der Waals surface area contributed by atoms with Crippen molar-refractivity contribution in [1.29, 1.82) is 0 Å². The largest absolute Gasteiger partial charge is 0.307 e. The first-order valence-electron chi connectivity index (χ1n) is 6.40. The van der Waals surface area contributed by atoms with Crippen LogP contribution < -0.4 is 0 Å². The van der Waals surface area contributed by atoms with Crippen molar-refractivity contribution in [3.05, 3.63) is 36.3 Å². The number of pyridine rings is 1. The molecule has 0 bridgehead atoms. The summed E-state index contributed by atoms with van der Waals surface area (Å²) in [5.41, 5.74) is 2.05. The molecule has 1 aliphatic heterocycles. The van der Waals surface area contributed by atoms with E-state index in [2.05, 4.69) is 16.1 Å². The zero-order valence-corrected chi connectivity index (χ0v) is 10.5. The first kappa shape index (κ1) is 11.4. The minimum atomic E-state index is 0.163. The van der Waals surface area contributed by atoms with E-state index in [1.54, 1.807) is 0 Å². The Bertz CT molecular complexity index is 542. The topological polar surface area (TPSA) is 37.6 Å². The van der Waals surface area contributed by atoms with Gasteiger partial charge in [0.25, 0.3) is 0 Å². The van der Waals surface area contributed by atoms with Crippen molar-refractivity contribution in [1.82, 2.24) is 14.3 Å². The second-order valence-electron chi connectivity index (χ2n) is 5.05. The molecule has 0 spiro atoms. The highest BCUT2D eigenvalue weighted by atomic mass is 16.1. The molecule has 4 heteroatoms. The van der Waals surface area contributed by atoms with Gasteiger partial charge in [0.05, 0.1) is 5.69 Å². The van der Waals surface area contributed by atoms with Gasteiger partial charge in [-0.2, -0.15) is 0 Å². The SMILES string of the molecule is CC1CN(Cc2cn3ccccc3n2)CCC1=O. The molecule has 2 aromatic heterocycles. The number of likely N-dealkylation sites (tertiary alicyclic amines) is 1. The number of aromatic nitrogens is 2. The highest BCUT2D eigenvalue weighted by Gasteiger charge is 2.23. The van der Waals surface area contributed by atoms with Crippen molar-refractivity contribution >= 4 is 11.4 Å². The van der Waals surface area contributed by atoms with Gasteiger partial charge < -0.3 is 4.40 Å². The van der Waals surface area contributed by atoms with Crippen molar-refractivity contribution in [2.24, 2.45) is 5.92 Å². The van der Waals surface area contributed by atoms with E-state index in [1.807, 2.05) is 35.7 Å². The Kier molecular flexibility index (Phi) is 2.88. The summed E-state index contributed by atoms with van der Waals surface area (Å²) in [6.07, 6.45) is 4.75. The molecule has 1 aliphatic rings. The molecule has 3 heterocycles. The Morgan fingerprint density at radius 2 is 2.33 bits per heavy atom. The predicted octanol–water partition coefficient (Wildman–Crippen LogP) is 1.75. The number of hydrogen-bond donors (Lipinski definition) is 0. The molecular weight excluding hydrogens is 226 g/mol. The van der Waals surface area contributed by atoms with E-state index >= 15 is 0 Å². The van der Waals surface area contributed by atoms with Gasteiger partial charge in [0, 0.05) is 44.4 Å². The molecule has 0 saturated carbocycles. The zero-order chi connectivity index (χ0) is 12.5. The first-order valence-corrected chi connectivity index (χ1v) is 6.40. The van der Waals surface area contributed by atoms with Gasteiger partial charge in [-0.15, -0.1) is 0 Å². The van der Waals surface area contributed by atoms with Crippen LogP contribution in [0.25, 0.3) is 5.65 Å². The number of rotatable bonds is 2. The predicted molar refractivity (Wildman–Crippen MR) is 69.3 cm³/mol. The van der Waals surface area contributed by atoms with Crippen LogP contribution in [0.4, 0.5) is 0 Å². The highest BCUT2D eigenvalue weighted by molar-refractivity contribution is 5.81. The molecule has 1 atom stereocenters. The van der Waals surface area contributed by atoms with E-state index in [1.165, 1.54) is 0 Å². The molecule has 18 heavy (non-hydrogen) atoms. The molecular formula is C14H17N3O. The molecule has 3 rings (SSSR count). The lowest BCUT2D eigenvalue weighted by Crippen LogP contribution is -2.39. The second-order valence-corrected chi connectivity index (χ2v) is 5.05. The Morgan fingerprint density at radius 1 is 1.44 bits per heavy atom. The molecule has 1 unspecified atom stereocenters. The fourth-order valence-electron chi connectivity index (χ4n) is 2.53. The first-order chi connectivity index (χ1) is 8.72. The fourth-order valence-corrected chi connectivity index (χ4v) is 2.53. The van der Waals surface area contributed by atoms with Gasteiger partial charge in [0.15, 0.2) is 0 Å². The van der Waals surface area contributed by atoms with Gasteiger partial charge in [-0.1, -0.05) is 13.0 Å². The van der Waals surface area contributed by atoms with Gasteiger partial charge in [0.1, 0.15) is 11.4 Å². The highest BCUT2D eigenvalue weighted by Crippen LogP contribution is 2.15. The summed E-state index contributed by atoms with van der Waals surface area (Å²) >= 11 is 0. The van der Waals surface area contributed by atoms with Crippen LogP contribution in [0.5, 0.6) is 0 Å². The molecule has 1 fully saturated rings. The van der Waals surface area contributed by atoms with Gasteiger partial charge >= 0.3 is 0 Å². The monoisotopic (exact) mass is 243 g/mol. The number of nitrogens with zero attached hydrogens (tertiary/aromatic N) is 3. The number of imidazole rings is 1. The lowest BCUT2D eigenvalue weighted by Gasteiger charge is -2.29. The third kappa shape index (κ3) is 2.16. The van der Waals surface area contributed by atoms with Crippen LogP contribution in [0.3, 0.4) is 0 Å². The molecule has 2 aromatic rings. The number of carbonyl (C=O) groups excluding carboxylic acids is 1. The summed E-state index contributed by atoms with van der Waals surface area (Å²) in [6, 6.07) is 6.00. The van der Waals surface area contributed by atoms with Crippen LogP contribution in [-0.2, 0) is 11.3 Å². The maximum absolute atomic E-state index is 11.5. The van der Waals surface area contributed by atoms with Gasteiger partial charge in [-0.3, -0.25) is 9.69 Å². The van der Waals surface area contributed by atoms with E-state index in [0.717, 1.165) is 31.0 Å². The molecule has 0 aromatic carbocycles. The summed E-state index contributed by atoms with van der Waals surface area (Å²) in [7, 11) is 0.